The van der Waals surface area contributed by atoms with Gasteiger partial charge in [0.15, 0.2) is 5.69 Å². The van der Waals surface area contributed by atoms with Crippen LogP contribution in [0.2, 0.25) is 0 Å². The average molecular weight is 338 g/mol. The lowest BCUT2D eigenvalue weighted by atomic mass is 9.93. The first kappa shape index (κ1) is 15.8. The van der Waals surface area contributed by atoms with E-state index in [0.29, 0.717) is 16.6 Å². The second-order valence-corrected chi connectivity index (χ2v) is 6.17. The van der Waals surface area contributed by atoms with Gasteiger partial charge in [0, 0.05) is 10.9 Å². The molecule has 3 aromatic carbocycles. The van der Waals surface area contributed by atoms with Gasteiger partial charge < -0.3 is 5.11 Å². The highest BCUT2D eigenvalue weighted by atomic mass is 16.4. The molecule has 0 saturated heterocycles. The quantitative estimate of drug-likeness (QED) is 0.562. The van der Waals surface area contributed by atoms with Crippen LogP contribution in [0, 0.1) is 18.3 Å². The number of hydrogen-bond acceptors (Lipinski definition) is 3. The maximum absolute atomic E-state index is 11.9. The van der Waals surface area contributed by atoms with Crippen molar-refractivity contribution in [1.29, 1.82) is 5.26 Å². The van der Waals surface area contributed by atoms with Crippen LogP contribution in [-0.4, -0.2) is 16.1 Å². The first-order valence-electron chi connectivity index (χ1n) is 8.15. The molecule has 0 aliphatic carbocycles. The van der Waals surface area contributed by atoms with Gasteiger partial charge in [-0.2, -0.15) is 5.26 Å². The number of fused-ring (bicyclic) bond motifs is 2. The van der Waals surface area contributed by atoms with Gasteiger partial charge in [-0.3, -0.25) is 0 Å². The summed E-state index contributed by atoms with van der Waals surface area (Å²) in [5.41, 5.74) is 3.31. The van der Waals surface area contributed by atoms with Crippen LogP contribution in [0.5, 0.6) is 0 Å². The second-order valence-electron chi connectivity index (χ2n) is 6.17. The Kier molecular flexibility index (Phi) is 3.63. The molecular weight excluding hydrogens is 324 g/mol. The average Bonchev–Trinajstić information content (AvgIpc) is 2.67. The third kappa shape index (κ3) is 2.47. The van der Waals surface area contributed by atoms with Crippen molar-refractivity contribution < 1.29 is 9.90 Å². The number of rotatable bonds is 2. The number of aromatic carboxylic acids is 1. The molecule has 0 unspecified atom stereocenters. The van der Waals surface area contributed by atoms with Crippen molar-refractivity contribution in [3.8, 4) is 17.2 Å². The standard InChI is InChI=1S/C22H14N2O2/c1-13-18-10-14(12-23)6-9-19(18)24-21(22(25)26)20(13)17-8-7-15-4-2-3-5-16(15)11-17/h2-11H,1H3,(H,25,26). The predicted octanol–water partition coefficient (Wildman–Crippen LogP) is 4.93. The van der Waals surface area contributed by atoms with Crippen molar-refractivity contribution in [3.63, 3.8) is 0 Å². The molecule has 26 heavy (non-hydrogen) atoms. The fourth-order valence-electron chi connectivity index (χ4n) is 3.34. The summed E-state index contributed by atoms with van der Waals surface area (Å²) < 4.78 is 0. The Morgan fingerprint density at radius 2 is 1.81 bits per heavy atom. The smallest absolute Gasteiger partial charge is 0.355 e. The van der Waals surface area contributed by atoms with Crippen molar-refractivity contribution in [3.05, 3.63) is 77.5 Å². The van der Waals surface area contributed by atoms with Gasteiger partial charge in [0.1, 0.15) is 0 Å². The molecule has 0 fully saturated rings. The van der Waals surface area contributed by atoms with Gasteiger partial charge in [-0.05, 0) is 53.1 Å². The zero-order valence-electron chi connectivity index (χ0n) is 14.0. The van der Waals surface area contributed by atoms with Crippen molar-refractivity contribution in [2.75, 3.05) is 0 Å². The molecule has 0 spiro atoms. The Bertz CT molecular complexity index is 1240. The molecule has 0 aliphatic heterocycles. The van der Waals surface area contributed by atoms with Crippen molar-refractivity contribution in [2.24, 2.45) is 0 Å². The molecule has 4 rings (SSSR count). The largest absolute Gasteiger partial charge is 0.476 e. The molecule has 124 valence electrons. The fraction of sp³-hybridized carbons (Fsp3) is 0.0455. The lowest BCUT2D eigenvalue weighted by Gasteiger charge is -2.14. The maximum atomic E-state index is 11.9. The van der Waals surface area contributed by atoms with Gasteiger partial charge in [-0.25, -0.2) is 9.78 Å². The van der Waals surface area contributed by atoms with E-state index in [9.17, 15) is 15.2 Å². The highest BCUT2D eigenvalue weighted by Gasteiger charge is 2.19. The van der Waals surface area contributed by atoms with E-state index in [0.717, 1.165) is 27.3 Å². The summed E-state index contributed by atoms with van der Waals surface area (Å²) in [5, 5.41) is 21.8. The molecule has 0 saturated carbocycles. The van der Waals surface area contributed by atoms with E-state index >= 15 is 0 Å². The number of pyridine rings is 1. The molecule has 0 aliphatic rings. The van der Waals surface area contributed by atoms with Gasteiger partial charge in [0.2, 0.25) is 0 Å². The van der Waals surface area contributed by atoms with E-state index in [-0.39, 0.29) is 5.69 Å². The van der Waals surface area contributed by atoms with Crippen LogP contribution in [0.1, 0.15) is 21.6 Å². The Labute approximate surface area is 150 Å². The topological polar surface area (TPSA) is 74.0 Å². The van der Waals surface area contributed by atoms with E-state index in [2.05, 4.69) is 11.1 Å². The van der Waals surface area contributed by atoms with Crippen molar-refractivity contribution >= 4 is 27.6 Å². The molecule has 1 aromatic heterocycles. The molecule has 0 radical (unpaired) electrons. The zero-order chi connectivity index (χ0) is 18.3. The number of carboxylic acid groups (broad SMARTS) is 1. The third-order valence-corrected chi connectivity index (χ3v) is 4.61. The van der Waals surface area contributed by atoms with Crippen LogP contribution >= 0.6 is 0 Å². The normalized spacial score (nSPS) is 10.8. The van der Waals surface area contributed by atoms with E-state index in [1.165, 1.54) is 0 Å². The zero-order valence-corrected chi connectivity index (χ0v) is 14.0. The van der Waals surface area contributed by atoms with Crippen LogP contribution < -0.4 is 0 Å². The van der Waals surface area contributed by atoms with Gasteiger partial charge in [-0.15, -0.1) is 0 Å². The van der Waals surface area contributed by atoms with Crippen LogP contribution in [0.4, 0.5) is 0 Å². The number of hydrogen-bond donors (Lipinski definition) is 1. The number of nitriles is 1. The molecule has 0 atom stereocenters. The minimum Gasteiger partial charge on any atom is -0.476 e. The molecule has 1 N–H and O–H groups in total. The predicted molar refractivity (Wildman–Crippen MR) is 101 cm³/mol. The number of benzene rings is 3. The number of carboxylic acids is 1. The highest BCUT2D eigenvalue weighted by molar-refractivity contribution is 6.02. The lowest BCUT2D eigenvalue weighted by molar-refractivity contribution is 0.0692. The van der Waals surface area contributed by atoms with Gasteiger partial charge in [0.25, 0.3) is 0 Å². The summed E-state index contributed by atoms with van der Waals surface area (Å²) >= 11 is 0. The van der Waals surface area contributed by atoms with E-state index in [1.54, 1.807) is 18.2 Å². The van der Waals surface area contributed by atoms with E-state index in [1.807, 2.05) is 49.4 Å². The van der Waals surface area contributed by atoms with Crippen molar-refractivity contribution in [2.45, 2.75) is 6.92 Å². The molecule has 0 bridgehead atoms. The molecule has 4 nitrogen and oxygen atoms in total. The number of aryl methyl sites for hydroxylation is 1. The third-order valence-electron chi connectivity index (χ3n) is 4.61. The molecule has 1 heterocycles. The fourth-order valence-corrected chi connectivity index (χ4v) is 3.34. The summed E-state index contributed by atoms with van der Waals surface area (Å²) in [6.45, 7) is 1.88. The van der Waals surface area contributed by atoms with Crippen LogP contribution in [-0.2, 0) is 0 Å². The minimum absolute atomic E-state index is 0.0231. The SMILES string of the molecule is Cc1c(-c2ccc3ccccc3c2)c(C(=O)O)nc2ccc(C#N)cc12. The summed E-state index contributed by atoms with van der Waals surface area (Å²) in [7, 11) is 0. The van der Waals surface area contributed by atoms with Gasteiger partial charge in [0.05, 0.1) is 17.1 Å². The monoisotopic (exact) mass is 338 g/mol. The minimum atomic E-state index is -1.07. The number of carbonyl (C=O) groups is 1. The number of aromatic nitrogens is 1. The highest BCUT2D eigenvalue weighted by Crippen LogP contribution is 2.33. The van der Waals surface area contributed by atoms with Crippen LogP contribution in [0.3, 0.4) is 0 Å². The Hall–Kier alpha value is -3.71. The van der Waals surface area contributed by atoms with E-state index in [4.69, 9.17) is 0 Å². The summed E-state index contributed by atoms with van der Waals surface area (Å²) in [6, 6.07) is 21.0. The Morgan fingerprint density at radius 1 is 1.04 bits per heavy atom. The summed E-state index contributed by atoms with van der Waals surface area (Å²) in [5.74, 6) is -1.07. The molecule has 4 heteroatoms. The molecule has 0 amide bonds. The number of nitrogens with zero attached hydrogens (tertiary/aromatic N) is 2. The van der Waals surface area contributed by atoms with Crippen LogP contribution in [0.25, 0.3) is 32.8 Å². The molecular formula is C22H14N2O2. The van der Waals surface area contributed by atoms with Crippen LogP contribution in [0.15, 0.2) is 60.7 Å². The second kappa shape index (κ2) is 5.98. The Morgan fingerprint density at radius 3 is 2.54 bits per heavy atom. The first-order chi connectivity index (χ1) is 12.6. The summed E-state index contributed by atoms with van der Waals surface area (Å²) in [4.78, 5) is 16.2. The van der Waals surface area contributed by atoms with Crippen molar-refractivity contribution in [1.82, 2.24) is 4.98 Å². The van der Waals surface area contributed by atoms with Gasteiger partial charge in [-0.1, -0.05) is 36.4 Å². The first-order valence-corrected chi connectivity index (χ1v) is 8.15. The molecule has 4 aromatic rings. The maximum Gasteiger partial charge on any atom is 0.355 e. The lowest BCUT2D eigenvalue weighted by Crippen LogP contribution is -2.06. The summed E-state index contributed by atoms with van der Waals surface area (Å²) in [6.07, 6.45) is 0. The Balaban J connectivity index is 2.08. The van der Waals surface area contributed by atoms with E-state index < -0.39 is 5.97 Å². The van der Waals surface area contributed by atoms with Gasteiger partial charge >= 0.3 is 5.97 Å².